The molecule has 2 N–H and O–H groups in total. The lowest BCUT2D eigenvalue weighted by molar-refractivity contribution is 0.838. The molecule has 0 spiro atoms. The van der Waals surface area contributed by atoms with E-state index in [0.717, 1.165) is 23.5 Å². The third-order valence-electron chi connectivity index (χ3n) is 2.40. The van der Waals surface area contributed by atoms with E-state index in [9.17, 15) is 0 Å². The maximum absolute atomic E-state index is 4.54. The minimum absolute atomic E-state index is 0.703. The quantitative estimate of drug-likeness (QED) is 0.662. The Balaban J connectivity index is 2.71. The molecule has 0 atom stereocenters. The number of nitrogens with zero attached hydrogens (tertiary/aromatic N) is 1. The summed E-state index contributed by atoms with van der Waals surface area (Å²) in [7, 11) is 0. The molecule has 4 heteroatoms. The van der Waals surface area contributed by atoms with Gasteiger partial charge in [0.2, 0.25) is 0 Å². The average Bonchev–Trinajstić information content (AvgIpc) is 2.28. The minimum Gasteiger partial charge on any atom is -0.357 e. The van der Waals surface area contributed by atoms with E-state index in [1.54, 1.807) is 0 Å². The fourth-order valence-corrected chi connectivity index (χ4v) is 1.99. The molecule has 1 aromatic carbocycles. The Morgan fingerprint density at radius 2 is 1.88 bits per heavy atom. The second-order valence-corrected chi connectivity index (χ2v) is 4.71. The Hall–Kier alpha value is -1.03. The second-order valence-electron chi connectivity index (χ2n) is 3.80. The molecule has 0 saturated carbocycles. The standard InChI is InChI=1S/C13H20BrN3/c1-4-15-13(16-5-2)17-9-11-6-7-12(14)8-10(11)3/h6-8H,4-5,9H2,1-3H3,(H2,15,16,17). The van der Waals surface area contributed by atoms with Crippen molar-refractivity contribution in [3.05, 3.63) is 33.8 Å². The number of guanidine groups is 1. The second kappa shape index (κ2) is 7.33. The Bertz CT molecular complexity index is 380. The molecule has 0 bridgehead atoms. The minimum atomic E-state index is 0.703. The first-order valence-corrected chi connectivity index (χ1v) is 6.73. The largest absolute Gasteiger partial charge is 0.357 e. The maximum Gasteiger partial charge on any atom is 0.191 e. The Kier molecular flexibility index (Phi) is 6.05. The number of rotatable bonds is 4. The third-order valence-corrected chi connectivity index (χ3v) is 2.89. The van der Waals surface area contributed by atoms with Crippen LogP contribution in [0.1, 0.15) is 25.0 Å². The fraction of sp³-hybridized carbons (Fsp3) is 0.462. The highest BCUT2D eigenvalue weighted by Gasteiger charge is 1.99. The molecule has 0 saturated heterocycles. The van der Waals surface area contributed by atoms with Gasteiger partial charge < -0.3 is 10.6 Å². The van der Waals surface area contributed by atoms with Gasteiger partial charge in [-0.05, 0) is 44.0 Å². The van der Waals surface area contributed by atoms with E-state index in [0.29, 0.717) is 6.54 Å². The van der Waals surface area contributed by atoms with Gasteiger partial charge in [0.25, 0.3) is 0 Å². The summed E-state index contributed by atoms with van der Waals surface area (Å²) >= 11 is 3.47. The molecule has 17 heavy (non-hydrogen) atoms. The van der Waals surface area contributed by atoms with E-state index in [4.69, 9.17) is 0 Å². The molecule has 3 nitrogen and oxygen atoms in total. The molecule has 1 aromatic rings. The molecule has 0 unspecified atom stereocenters. The number of nitrogens with one attached hydrogen (secondary N) is 2. The first-order chi connectivity index (χ1) is 8.17. The lowest BCUT2D eigenvalue weighted by Crippen LogP contribution is -2.37. The number of hydrogen-bond acceptors (Lipinski definition) is 1. The van der Waals surface area contributed by atoms with Crippen LogP contribution in [0.15, 0.2) is 27.7 Å². The highest BCUT2D eigenvalue weighted by molar-refractivity contribution is 9.10. The van der Waals surface area contributed by atoms with Gasteiger partial charge in [-0.15, -0.1) is 0 Å². The van der Waals surface area contributed by atoms with Crippen LogP contribution in [-0.2, 0) is 6.54 Å². The van der Waals surface area contributed by atoms with Gasteiger partial charge >= 0.3 is 0 Å². The Labute approximate surface area is 112 Å². The molecule has 0 fully saturated rings. The highest BCUT2D eigenvalue weighted by atomic mass is 79.9. The van der Waals surface area contributed by atoms with Crippen molar-refractivity contribution < 1.29 is 0 Å². The summed E-state index contributed by atoms with van der Waals surface area (Å²) in [4.78, 5) is 4.54. The molecular weight excluding hydrogens is 278 g/mol. The van der Waals surface area contributed by atoms with Crippen LogP contribution in [0.2, 0.25) is 0 Å². The number of benzene rings is 1. The third kappa shape index (κ3) is 4.77. The summed E-state index contributed by atoms with van der Waals surface area (Å²) in [6.45, 7) is 8.70. The van der Waals surface area contributed by atoms with Crippen LogP contribution in [0, 0.1) is 6.92 Å². The van der Waals surface area contributed by atoms with Crippen molar-refractivity contribution >= 4 is 21.9 Å². The summed E-state index contributed by atoms with van der Waals surface area (Å²) < 4.78 is 1.11. The predicted molar refractivity (Wildman–Crippen MR) is 77.4 cm³/mol. The van der Waals surface area contributed by atoms with Crippen LogP contribution in [0.4, 0.5) is 0 Å². The molecule has 1 rings (SSSR count). The van der Waals surface area contributed by atoms with E-state index in [-0.39, 0.29) is 0 Å². The predicted octanol–water partition coefficient (Wildman–Crippen LogP) is 2.83. The van der Waals surface area contributed by atoms with Crippen molar-refractivity contribution in [1.82, 2.24) is 10.6 Å². The first kappa shape index (κ1) is 14.0. The molecule has 94 valence electrons. The number of halogens is 1. The maximum atomic E-state index is 4.54. The average molecular weight is 298 g/mol. The van der Waals surface area contributed by atoms with E-state index in [1.807, 2.05) is 0 Å². The van der Waals surface area contributed by atoms with Gasteiger partial charge in [0.1, 0.15) is 0 Å². The number of hydrogen-bond donors (Lipinski definition) is 2. The van der Waals surface area contributed by atoms with E-state index in [1.165, 1.54) is 11.1 Å². The van der Waals surface area contributed by atoms with Crippen molar-refractivity contribution in [3.63, 3.8) is 0 Å². The van der Waals surface area contributed by atoms with Crippen LogP contribution in [0.3, 0.4) is 0 Å². The summed E-state index contributed by atoms with van der Waals surface area (Å²) in [5, 5.41) is 6.43. The zero-order valence-corrected chi connectivity index (χ0v) is 12.3. The summed E-state index contributed by atoms with van der Waals surface area (Å²) in [6, 6.07) is 6.28. The zero-order chi connectivity index (χ0) is 12.7. The first-order valence-electron chi connectivity index (χ1n) is 5.94. The van der Waals surface area contributed by atoms with Crippen molar-refractivity contribution in [2.24, 2.45) is 4.99 Å². The van der Waals surface area contributed by atoms with Crippen LogP contribution < -0.4 is 10.6 Å². The van der Waals surface area contributed by atoms with Gasteiger partial charge in [-0.25, -0.2) is 4.99 Å². The summed E-state index contributed by atoms with van der Waals surface area (Å²) in [6.07, 6.45) is 0. The summed E-state index contributed by atoms with van der Waals surface area (Å²) in [5.41, 5.74) is 2.51. The lowest BCUT2D eigenvalue weighted by Gasteiger charge is -2.10. The Morgan fingerprint density at radius 3 is 2.41 bits per heavy atom. The van der Waals surface area contributed by atoms with Crippen LogP contribution in [0.25, 0.3) is 0 Å². The van der Waals surface area contributed by atoms with Crippen molar-refractivity contribution in [2.45, 2.75) is 27.3 Å². The monoisotopic (exact) mass is 297 g/mol. The number of aliphatic imine (C=N–C) groups is 1. The van der Waals surface area contributed by atoms with Gasteiger partial charge in [0.15, 0.2) is 5.96 Å². The van der Waals surface area contributed by atoms with Crippen molar-refractivity contribution in [3.8, 4) is 0 Å². The van der Waals surface area contributed by atoms with Crippen molar-refractivity contribution in [2.75, 3.05) is 13.1 Å². The van der Waals surface area contributed by atoms with Gasteiger partial charge in [-0.2, -0.15) is 0 Å². The molecule has 0 aliphatic carbocycles. The molecule has 0 aromatic heterocycles. The smallest absolute Gasteiger partial charge is 0.191 e. The van der Waals surface area contributed by atoms with E-state index < -0.39 is 0 Å². The molecule has 0 aliphatic heterocycles. The van der Waals surface area contributed by atoms with E-state index >= 15 is 0 Å². The molecule has 0 heterocycles. The van der Waals surface area contributed by atoms with Crippen LogP contribution in [0.5, 0.6) is 0 Å². The zero-order valence-electron chi connectivity index (χ0n) is 10.7. The van der Waals surface area contributed by atoms with Gasteiger partial charge in [0, 0.05) is 17.6 Å². The van der Waals surface area contributed by atoms with E-state index in [2.05, 4.69) is 70.5 Å². The molecular formula is C13H20BrN3. The van der Waals surface area contributed by atoms with Gasteiger partial charge in [-0.3, -0.25) is 0 Å². The van der Waals surface area contributed by atoms with Crippen LogP contribution in [-0.4, -0.2) is 19.0 Å². The molecule has 0 radical (unpaired) electrons. The molecule has 0 amide bonds. The summed E-state index contributed by atoms with van der Waals surface area (Å²) in [5.74, 6) is 0.873. The topological polar surface area (TPSA) is 36.4 Å². The fourth-order valence-electron chi connectivity index (χ4n) is 1.51. The highest BCUT2D eigenvalue weighted by Crippen LogP contribution is 2.16. The Morgan fingerprint density at radius 1 is 1.24 bits per heavy atom. The SMILES string of the molecule is CCNC(=NCc1ccc(Br)cc1C)NCC. The normalized spacial score (nSPS) is 9.88. The lowest BCUT2D eigenvalue weighted by atomic mass is 10.1. The number of aryl methyl sites for hydroxylation is 1. The van der Waals surface area contributed by atoms with Crippen LogP contribution >= 0.6 is 15.9 Å². The molecule has 0 aliphatic rings. The van der Waals surface area contributed by atoms with Crippen molar-refractivity contribution in [1.29, 1.82) is 0 Å². The van der Waals surface area contributed by atoms with Gasteiger partial charge in [0.05, 0.1) is 6.54 Å². The van der Waals surface area contributed by atoms with Gasteiger partial charge in [-0.1, -0.05) is 22.0 Å².